The van der Waals surface area contributed by atoms with E-state index in [2.05, 4.69) is 10.6 Å². The van der Waals surface area contributed by atoms with Crippen LogP contribution in [0.15, 0.2) is 29.2 Å². The van der Waals surface area contributed by atoms with Crippen LogP contribution in [0.25, 0.3) is 0 Å². The van der Waals surface area contributed by atoms with E-state index in [-0.39, 0.29) is 23.0 Å². The lowest BCUT2D eigenvalue weighted by atomic mass is 10.1. The second kappa shape index (κ2) is 9.20. The normalized spacial score (nSPS) is 14.4. The molecule has 0 aliphatic carbocycles. The summed E-state index contributed by atoms with van der Waals surface area (Å²) in [4.78, 5) is 12.3. The van der Waals surface area contributed by atoms with Gasteiger partial charge in [-0.25, -0.2) is 13.2 Å². The molecule has 0 aliphatic rings. The van der Waals surface area contributed by atoms with E-state index in [1.807, 2.05) is 41.5 Å². The van der Waals surface area contributed by atoms with E-state index < -0.39 is 10.0 Å². The summed E-state index contributed by atoms with van der Waals surface area (Å²) in [6.07, 6.45) is 0. The molecule has 142 valence electrons. The Bertz CT molecular complexity index is 653. The summed E-state index contributed by atoms with van der Waals surface area (Å²) < 4.78 is 26.4. The summed E-state index contributed by atoms with van der Waals surface area (Å²) in [6, 6.07) is 6.30. The molecule has 0 saturated heterocycles. The number of carbonyl (C=O) groups is 1. The molecule has 7 heteroatoms. The zero-order valence-corrected chi connectivity index (χ0v) is 16.9. The first-order valence-corrected chi connectivity index (χ1v) is 10.2. The molecule has 0 bridgehead atoms. The predicted molar refractivity (Wildman–Crippen MR) is 101 cm³/mol. The van der Waals surface area contributed by atoms with Gasteiger partial charge in [-0.15, -0.1) is 0 Å². The minimum Gasteiger partial charge on any atom is -0.335 e. The van der Waals surface area contributed by atoms with Crippen LogP contribution in [-0.4, -0.2) is 37.9 Å². The van der Waals surface area contributed by atoms with Crippen molar-refractivity contribution < 1.29 is 13.2 Å². The number of amides is 2. The number of sulfonamides is 1. The molecule has 2 atom stereocenters. The van der Waals surface area contributed by atoms with Gasteiger partial charge in [0.25, 0.3) is 0 Å². The van der Waals surface area contributed by atoms with Crippen molar-refractivity contribution in [2.75, 3.05) is 13.1 Å². The lowest BCUT2D eigenvalue weighted by Crippen LogP contribution is -2.43. The van der Waals surface area contributed by atoms with Crippen molar-refractivity contribution in [2.45, 2.75) is 58.5 Å². The van der Waals surface area contributed by atoms with E-state index in [9.17, 15) is 13.2 Å². The van der Waals surface area contributed by atoms with Crippen molar-refractivity contribution >= 4 is 16.1 Å². The maximum absolute atomic E-state index is 12.5. The van der Waals surface area contributed by atoms with Gasteiger partial charge in [0, 0.05) is 19.1 Å². The van der Waals surface area contributed by atoms with Crippen molar-refractivity contribution in [3.05, 3.63) is 29.8 Å². The standard InChI is InChI=1S/C18H31N3O3S/c1-7-21(8-2)25(23,24)17-11-9-16(10-12-17)15(6)20-18(22)19-14(5)13(3)4/h9-15H,7-8H2,1-6H3,(H2,19,20,22). The number of hydrogen-bond acceptors (Lipinski definition) is 3. The fraction of sp³-hybridized carbons (Fsp3) is 0.611. The number of urea groups is 1. The average Bonchev–Trinajstić information content (AvgIpc) is 2.55. The van der Waals surface area contributed by atoms with Crippen LogP contribution in [0.5, 0.6) is 0 Å². The molecule has 0 radical (unpaired) electrons. The lowest BCUT2D eigenvalue weighted by Gasteiger charge is -2.21. The predicted octanol–water partition coefficient (Wildman–Crippen LogP) is 3.12. The maximum atomic E-state index is 12.5. The van der Waals surface area contributed by atoms with E-state index in [0.717, 1.165) is 5.56 Å². The number of hydrogen-bond donors (Lipinski definition) is 2. The maximum Gasteiger partial charge on any atom is 0.315 e. The van der Waals surface area contributed by atoms with E-state index >= 15 is 0 Å². The van der Waals surface area contributed by atoms with Crippen LogP contribution >= 0.6 is 0 Å². The third kappa shape index (κ3) is 5.71. The van der Waals surface area contributed by atoms with E-state index in [4.69, 9.17) is 0 Å². The third-order valence-electron chi connectivity index (χ3n) is 4.43. The van der Waals surface area contributed by atoms with E-state index in [1.165, 1.54) is 4.31 Å². The summed E-state index contributed by atoms with van der Waals surface area (Å²) in [5.74, 6) is 0.352. The Morgan fingerprint density at radius 1 is 1.00 bits per heavy atom. The average molecular weight is 370 g/mol. The highest BCUT2D eigenvalue weighted by Crippen LogP contribution is 2.19. The van der Waals surface area contributed by atoms with Crippen LogP contribution < -0.4 is 10.6 Å². The first-order chi connectivity index (χ1) is 11.6. The van der Waals surface area contributed by atoms with Gasteiger partial charge in [-0.1, -0.05) is 39.8 Å². The van der Waals surface area contributed by atoms with Crippen LogP contribution in [0.1, 0.15) is 53.1 Å². The molecule has 1 rings (SSSR count). The Labute approximate surface area is 152 Å². The van der Waals surface area contributed by atoms with Crippen LogP contribution in [0.3, 0.4) is 0 Å². The van der Waals surface area contributed by atoms with E-state index in [0.29, 0.717) is 19.0 Å². The topological polar surface area (TPSA) is 78.5 Å². The zero-order chi connectivity index (χ0) is 19.2. The van der Waals surface area contributed by atoms with Gasteiger partial charge in [0.05, 0.1) is 10.9 Å². The quantitative estimate of drug-likeness (QED) is 0.739. The fourth-order valence-electron chi connectivity index (χ4n) is 2.34. The molecule has 0 aromatic heterocycles. The molecule has 2 amide bonds. The zero-order valence-electron chi connectivity index (χ0n) is 16.0. The van der Waals surface area contributed by atoms with Gasteiger partial charge >= 0.3 is 6.03 Å². The van der Waals surface area contributed by atoms with Crippen molar-refractivity contribution in [1.82, 2.24) is 14.9 Å². The van der Waals surface area contributed by atoms with Gasteiger partial charge in [0.2, 0.25) is 10.0 Å². The minimum absolute atomic E-state index is 0.0776. The summed E-state index contributed by atoms with van der Waals surface area (Å²) in [6.45, 7) is 12.4. The number of carbonyl (C=O) groups excluding carboxylic acids is 1. The Kier molecular flexibility index (Phi) is 7.89. The highest BCUT2D eigenvalue weighted by molar-refractivity contribution is 7.89. The molecule has 0 spiro atoms. The summed E-state index contributed by atoms with van der Waals surface area (Å²) >= 11 is 0. The molecular weight excluding hydrogens is 338 g/mol. The number of nitrogens with one attached hydrogen (secondary N) is 2. The molecule has 2 N–H and O–H groups in total. The van der Waals surface area contributed by atoms with Gasteiger partial charge in [0.15, 0.2) is 0 Å². The van der Waals surface area contributed by atoms with Crippen LogP contribution in [0, 0.1) is 5.92 Å². The fourth-order valence-corrected chi connectivity index (χ4v) is 3.79. The SMILES string of the molecule is CCN(CC)S(=O)(=O)c1ccc(C(C)NC(=O)NC(C)C(C)C)cc1. The highest BCUT2D eigenvalue weighted by atomic mass is 32.2. The first-order valence-electron chi connectivity index (χ1n) is 8.80. The second-order valence-corrected chi connectivity index (χ2v) is 8.47. The van der Waals surface area contributed by atoms with Crippen LogP contribution in [0.2, 0.25) is 0 Å². The summed E-state index contributed by atoms with van der Waals surface area (Å²) in [5, 5.41) is 5.77. The first kappa shape index (κ1) is 21.4. The molecule has 1 aromatic carbocycles. The molecule has 1 aromatic rings. The van der Waals surface area contributed by atoms with Gasteiger partial charge in [0.1, 0.15) is 0 Å². The van der Waals surface area contributed by atoms with Crippen LogP contribution in [0.4, 0.5) is 4.79 Å². The smallest absolute Gasteiger partial charge is 0.315 e. The molecule has 0 fully saturated rings. The van der Waals surface area contributed by atoms with Crippen molar-refractivity contribution in [1.29, 1.82) is 0 Å². The number of nitrogens with zero attached hydrogens (tertiary/aromatic N) is 1. The van der Waals surface area contributed by atoms with Crippen molar-refractivity contribution in [3.8, 4) is 0 Å². The Balaban J connectivity index is 2.80. The van der Waals surface area contributed by atoms with Gasteiger partial charge in [-0.3, -0.25) is 0 Å². The van der Waals surface area contributed by atoms with Crippen LogP contribution in [-0.2, 0) is 10.0 Å². The summed E-state index contributed by atoms with van der Waals surface area (Å²) in [5.41, 5.74) is 0.853. The van der Waals surface area contributed by atoms with Gasteiger partial charge in [-0.2, -0.15) is 4.31 Å². The number of rotatable bonds is 8. The summed E-state index contributed by atoms with van der Waals surface area (Å²) in [7, 11) is -3.46. The monoisotopic (exact) mass is 369 g/mol. The third-order valence-corrected chi connectivity index (χ3v) is 6.49. The van der Waals surface area contributed by atoms with Gasteiger partial charge in [-0.05, 0) is 37.5 Å². The van der Waals surface area contributed by atoms with Gasteiger partial charge < -0.3 is 10.6 Å². The lowest BCUT2D eigenvalue weighted by molar-refractivity contribution is 0.231. The Morgan fingerprint density at radius 2 is 1.52 bits per heavy atom. The largest absolute Gasteiger partial charge is 0.335 e. The van der Waals surface area contributed by atoms with Crippen molar-refractivity contribution in [3.63, 3.8) is 0 Å². The van der Waals surface area contributed by atoms with Crippen molar-refractivity contribution in [2.24, 2.45) is 5.92 Å². The molecule has 6 nitrogen and oxygen atoms in total. The Morgan fingerprint density at radius 3 is 1.96 bits per heavy atom. The Hall–Kier alpha value is -1.60. The van der Waals surface area contributed by atoms with E-state index in [1.54, 1.807) is 24.3 Å². The molecule has 0 heterocycles. The molecule has 0 aliphatic heterocycles. The molecule has 2 unspecified atom stereocenters. The highest BCUT2D eigenvalue weighted by Gasteiger charge is 2.21. The second-order valence-electron chi connectivity index (χ2n) is 6.53. The molecular formula is C18H31N3O3S. The molecule has 25 heavy (non-hydrogen) atoms. The minimum atomic E-state index is -3.46. The molecule has 0 saturated carbocycles. The number of benzene rings is 1.